The summed E-state index contributed by atoms with van der Waals surface area (Å²) in [6, 6.07) is 0. The molecule has 16 heavy (non-hydrogen) atoms. The summed E-state index contributed by atoms with van der Waals surface area (Å²) < 4.78 is 24.3. The minimum Gasteiger partial charge on any atom is -0.314 e. The van der Waals surface area contributed by atoms with Crippen LogP contribution in [0.15, 0.2) is 0 Å². The third-order valence-corrected chi connectivity index (χ3v) is 4.81. The molecule has 0 spiro atoms. The van der Waals surface area contributed by atoms with E-state index in [1.165, 1.54) is 4.31 Å². The van der Waals surface area contributed by atoms with E-state index in [1.807, 2.05) is 0 Å². The summed E-state index contributed by atoms with van der Waals surface area (Å²) >= 11 is 0. The molecule has 1 saturated heterocycles. The fourth-order valence-corrected chi connectivity index (χ4v) is 2.67. The molecule has 1 heterocycles. The second-order valence-corrected chi connectivity index (χ2v) is 6.70. The molecule has 0 atom stereocenters. The Balaban J connectivity index is 2.11. The lowest BCUT2D eigenvalue weighted by Crippen LogP contribution is -2.43. The van der Waals surface area contributed by atoms with Gasteiger partial charge in [0.1, 0.15) is 0 Å². The Morgan fingerprint density at radius 1 is 1.19 bits per heavy atom. The Kier molecular flexibility index (Phi) is 5.68. The van der Waals surface area contributed by atoms with Crippen molar-refractivity contribution < 1.29 is 8.42 Å². The minimum atomic E-state index is -3.00. The van der Waals surface area contributed by atoms with E-state index in [1.54, 1.807) is 14.1 Å². The molecule has 5 nitrogen and oxygen atoms in total. The molecular formula is C10H23N3O2S. The molecule has 0 bridgehead atoms. The van der Waals surface area contributed by atoms with Gasteiger partial charge in [0.05, 0.1) is 5.75 Å². The predicted molar refractivity (Wildman–Crippen MR) is 66.0 cm³/mol. The number of nitrogens with one attached hydrogen (secondary N) is 1. The van der Waals surface area contributed by atoms with Crippen molar-refractivity contribution in [1.82, 2.24) is 14.5 Å². The average Bonchev–Trinajstić information content (AvgIpc) is 2.26. The highest BCUT2D eigenvalue weighted by Gasteiger charge is 2.13. The maximum atomic E-state index is 11.5. The van der Waals surface area contributed by atoms with Crippen LogP contribution in [0.1, 0.15) is 12.8 Å². The molecular weight excluding hydrogens is 226 g/mol. The molecule has 0 aromatic heterocycles. The lowest BCUT2D eigenvalue weighted by molar-refractivity contribution is 0.238. The molecule has 6 heteroatoms. The zero-order chi connectivity index (χ0) is 12.0. The summed E-state index contributed by atoms with van der Waals surface area (Å²) in [5.41, 5.74) is 0. The van der Waals surface area contributed by atoms with Gasteiger partial charge in [-0.25, -0.2) is 12.7 Å². The predicted octanol–water partition coefficient (Wildman–Crippen LogP) is -0.437. The van der Waals surface area contributed by atoms with Gasteiger partial charge < -0.3 is 10.2 Å². The standard InChI is InChI=1S/C10H23N3O2S/c1-12(2)16(14,15)10-4-3-7-13-8-5-11-6-9-13/h11H,3-10H2,1-2H3. The number of hydrogen-bond acceptors (Lipinski definition) is 4. The van der Waals surface area contributed by atoms with Gasteiger partial charge in [0.15, 0.2) is 0 Å². The van der Waals surface area contributed by atoms with Crippen LogP contribution in [-0.2, 0) is 10.0 Å². The van der Waals surface area contributed by atoms with E-state index in [2.05, 4.69) is 10.2 Å². The fraction of sp³-hybridized carbons (Fsp3) is 1.00. The highest BCUT2D eigenvalue weighted by atomic mass is 32.2. The van der Waals surface area contributed by atoms with Crippen LogP contribution in [0, 0.1) is 0 Å². The molecule has 1 fully saturated rings. The van der Waals surface area contributed by atoms with Crippen molar-refractivity contribution in [2.45, 2.75) is 12.8 Å². The van der Waals surface area contributed by atoms with Gasteiger partial charge >= 0.3 is 0 Å². The van der Waals surface area contributed by atoms with Gasteiger partial charge in [0.2, 0.25) is 10.0 Å². The topological polar surface area (TPSA) is 52.7 Å². The Morgan fingerprint density at radius 3 is 2.38 bits per heavy atom. The van der Waals surface area contributed by atoms with Gasteiger partial charge in [-0.1, -0.05) is 0 Å². The van der Waals surface area contributed by atoms with Crippen LogP contribution >= 0.6 is 0 Å². The summed E-state index contributed by atoms with van der Waals surface area (Å²) in [5, 5.41) is 3.30. The van der Waals surface area contributed by atoms with Crippen LogP contribution in [0.5, 0.6) is 0 Å². The highest BCUT2D eigenvalue weighted by Crippen LogP contribution is 2.02. The van der Waals surface area contributed by atoms with Crippen molar-refractivity contribution >= 4 is 10.0 Å². The first-order valence-electron chi connectivity index (χ1n) is 5.85. The van der Waals surface area contributed by atoms with Crippen LogP contribution < -0.4 is 5.32 Å². The molecule has 0 amide bonds. The first-order valence-corrected chi connectivity index (χ1v) is 7.46. The molecule has 1 aliphatic rings. The van der Waals surface area contributed by atoms with E-state index in [0.717, 1.165) is 45.6 Å². The third-order valence-electron chi connectivity index (χ3n) is 2.89. The Bertz CT molecular complexity index is 284. The lowest BCUT2D eigenvalue weighted by Gasteiger charge is -2.27. The maximum absolute atomic E-state index is 11.5. The smallest absolute Gasteiger partial charge is 0.213 e. The van der Waals surface area contributed by atoms with Crippen LogP contribution in [0.3, 0.4) is 0 Å². The van der Waals surface area contributed by atoms with Crippen LogP contribution in [0.2, 0.25) is 0 Å². The van der Waals surface area contributed by atoms with Gasteiger partial charge in [-0.3, -0.25) is 0 Å². The molecule has 96 valence electrons. The SMILES string of the molecule is CN(C)S(=O)(=O)CCCCN1CCNCC1. The van der Waals surface area contributed by atoms with Crippen molar-refractivity contribution in [2.24, 2.45) is 0 Å². The van der Waals surface area contributed by atoms with E-state index in [-0.39, 0.29) is 5.75 Å². The fourth-order valence-electron chi connectivity index (χ4n) is 1.74. The first kappa shape index (κ1) is 13.9. The minimum absolute atomic E-state index is 0.270. The van der Waals surface area contributed by atoms with Gasteiger partial charge in [-0.15, -0.1) is 0 Å². The number of unbranched alkanes of at least 4 members (excludes halogenated alkanes) is 1. The number of sulfonamides is 1. The van der Waals surface area contributed by atoms with Crippen molar-refractivity contribution in [3.05, 3.63) is 0 Å². The van der Waals surface area contributed by atoms with E-state index >= 15 is 0 Å². The summed E-state index contributed by atoms with van der Waals surface area (Å²) in [5.74, 6) is 0.270. The third kappa shape index (κ3) is 4.78. The molecule has 0 aromatic rings. The molecule has 0 aliphatic carbocycles. The molecule has 1 aliphatic heterocycles. The van der Waals surface area contributed by atoms with Gasteiger partial charge in [0, 0.05) is 40.3 Å². The van der Waals surface area contributed by atoms with Crippen LogP contribution in [0.25, 0.3) is 0 Å². The van der Waals surface area contributed by atoms with Crippen LogP contribution in [-0.4, -0.2) is 70.2 Å². The Morgan fingerprint density at radius 2 is 1.81 bits per heavy atom. The lowest BCUT2D eigenvalue weighted by atomic mass is 10.3. The van der Waals surface area contributed by atoms with Gasteiger partial charge in [0.25, 0.3) is 0 Å². The zero-order valence-corrected chi connectivity index (χ0v) is 11.1. The van der Waals surface area contributed by atoms with Gasteiger partial charge in [-0.2, -0.15) is 0 Å². The second kappa shape index (κ2) is 6.54. The van der Waals surface area contributed by atoms with Crippen molar-refractivity contribution in [1.29, 1.82) is 0 Å². The molecule has 0 radical (unpaired) electrons. The van der Waals surface area contributed by atoms with Crippen molar-refractivity contribution in [3.8, 4) is 0 Å². The first-order chi connectivity index (χ1) is 7.52. The number of piperazine rings is 1. The molecule has 0 aromatic carbocycles. The highest BCUT2D eigenvalue weighted by molar-refractivity contribution is 7.89. The van der Waals surface area contributed by atoms with Crippen molar-refractivity contribution in [2.75, 3.05) is 52.6 Å². The Hall–Kier alpha value is -0.170. The number of rotatable bonds is 6. The summed E-state index contributed by atoms with van der Waals surface area (Å²) in [6.45, 7) is 5.29. The van der Waals surface area contributed by atoms with Crippen molar-refractivity contribution in [3.63, 3.8) is 0 Å². The monoisotopic (exact) mass is 249 g/mol. The molecule has 0 saturated carbocycles. The molecule has 1 rings (SSSR count). The van der Waals surface area contributed by atoms with E-state index in [4.69, 9.17) is 0 Å². The molecule has 0 unspecified atom stereocenters. The number of hydrogen-bond donors (Lipinski definition) is 1. The van der Waals surface area contributed by atoms with E-state index < -0.39 is 10.0 Å². The van der Waals surface area contributed by atoms with Gasteiger partial charge in [-0.05, 0) is 19.4 Å². The second-order valence-electron chi connectivity index (χ2n) is 4.40. The summed E-state index contributed by atoms with van der Waals surface area (Å²) in [6.07, 6.45) is 1.72. The quantitative estimate of drug-likeness (QED) is 0.649. The largest absolute Gasteiger partial charge is 0.314 e. The maximum Gasteiger partial charge on any atom is 0.213 e. The summed E-state index contributed by atoms with van der Waals surface area (Å²) in [4.78, 5) is 2.39. The van der Waals surface area contributed by atoms with Crippen LogP contribution in [0.4, 0.5) is 0 Å². The van der Waals surface area contributed by atoms with E-state index in [9.17, 15) is 8.42 Å². The molecule has 1 N–H and O–H groups in total. The zero-order valence-electron chi connectivity index (χ0n) is 10.3. The van der Waals surface area contributed by atoms with E-state index in [0.29, 0.717) is 0 Å². The summed E-state index contributed by atoms with van der Waals surface area (Å²) in [7, 11) is 0.179. The average molecular weight is 249 g/mol. The normalized spacial score (nSPS) is 19.2. The Labute approximate surface area is 98.8 Å². The number of nitrogens with zero attached hydrogens (tertiary/aromatic N) is 2.